The zero-order valence-electron chi connectivity index (χ0n) is 14.2. The standard InChI is InChI=1S/C19H18N2O5/c1-24-14-4-2-3-13(8-14)21-18(22)9-15(19(21)23)20-10-12-5-6-16-17(7-12)26-11-25-16/h2-8,15,20H,9-11H2,1H3/t15-/m1/s1. The van der Waals surface area contributed by atoms with E-state index < -0.39 is 6.04 Å². The molecule has 0 radical (unpaired) electrons. The summed E-state index contributed by atoms with van der Waals surface area (Å²) in [4.78, 5) is 26.2. The average molecular weight is 354 g/mol. The molecular formula is C19H18N2O5. The molecule has 2 aliphatic heterocycles. The van der Waals surface area contributed by atoms with Crippen molar-refractivity contribution in [2.75, 3.05) is 18.8 Å². The molecule has 4 rings (SSSR count). The number of methoxy groups -OCH3 is 1. The summed E-state index contributed by atoms with van der Waals surface area (Å²) in [5.41, 5.74) is 1.47. The molecule has 2 aromatic rings. The normalized spacial score (nSPS) is 18.5. The van der Waals surface area contributed by atoms with Gasteiger partial charge in [0.2, 0.25) is 12.7 Å². The third-order valence-electron chi connectivity index (χ3n) is 4.45. The number of fused-ring (bicyclic) bond motifs is 1. The first kappa shape index (κ1) is 16.4. The van der Waals surface area contributed by atoms with Gasteiger partial charge >= 0.3 is 0 Å². The van der Waals surface area contributed by atoms with Gasteiger partial charge in [0.25, 0.3) is 5.91 Å². The van der Waals surface area contributed by atoms with Gasteiger partial charge in [0.15, 0.2) is 11.5 Å². The van der Waals surface area contributed by atoms with Crippen LogP contribution in [0.25, 0.3) is 0 Å². The van der Waals surface area contributed by atoms with E-state index in [4.69, 9.17) is 14.2 Å². The van der Waals surface area contributed by atoms with Crippen LogP contribution in [-0.2, 0) is 16.1 Å². The fourth-order valence-electron chi connectivity index (χ4n) is 3.10. The lowest BCUT2D eigenvalue weighted by atomic mass is 10.1. The fraction of sp³-hybridized carbons (Fsp3) is 0.263. The summed E-state index contributed by atoms with van der Waals surface area (Å²) >= 11 is 0. The van der Waals surface area contributed by atoms with Crippen molar-refractivity contribution in [2.45, 2.75) is 19.0 Å². The summed E-state index contributed by atoms with van der Waals surface area (Å²) in [5, 5.41) is 3.16. The first-order chi connectivity index (χ1) is 12.7. The topological polar surface area (TPSA) is 77.1 Å². The quantitative estimate of drug-likeness (QED) is 0.826. The van der Waals surface area contributed by atoms with Gasteiger partial charge in [-0.1, -0.05) is 12.1 Å². The van der Waals surface area contributed by atoms with E-state index in [0.717, 1.165) is 5.56 Å². The molecule has 1 atom stereocenters. The highest BCUT2D eigenvalue weighted by molar-refractivity contribution is 6.22. The highest BCUT2D eigenvalue weighted by Crippen LogP contribution is 2.32. The molecular weight excluding hydrogens is 336 g/mol. The number of benzene rings is 2. The van der Waals surface area contributed by atoms with Gasteiger partial charge in [0.1, 0.15) is 5.75 Å². The van der Waals surface area contributed by atoms with Crippen LogP contribution in [0.5, 0.6) is 17.2 Å². The van der Waals surface area contributed by atoms with Crippen LogP contribution in [0.15, 0.2) is 42.5 Å². The number of amides is 2. The third kappa shape index (κ3) is 2.97. The Morgan fingerprint density at radius 2 is 2.00 bits per heavy atom. The van der Waals surface area contributed by atoms with Crippen molar-refractivity contribution in [3.05, 3.63) is 48.0 Å². The second kappa shape index (κ2) is 6.68. The van der Waals surface area contributed by atoms with E-state index in [-0.39, 0.29) is 25.0 Å². The molecule has 134 valence electrons. The van der Waals surface area contributed by atoms with E-state index in [9.17, 15) is 9.59 Å². The molecule has 7 heteroatoms. The number of nitrogens with zero attached hydrogens (tertiary/aromatic N) is 1. The van der Waals surface area contributed by atoms with Crippen molar-refractivity contribution in [3.8, 4) is 17.2 Å². The molecule has 26 heavy (non-hydrogen) atoms. The number of carbonyl (C=O) groups is 2. The van der Waals surface area contributed by atoms with Gasteiger partial charge in [-0.25, -0.2) is 4.90 Å². The van der Waals surface area contributed by atoms with Gasteiger partial charge in [-0.15, -0.1) is 0 Å². The van der Waals surface area contributed by atoms with E-state index in [1.165, 1.54) is 4.90 Å². The van der Waals surface area contributed by atoms with Crippen molar-refractivity contribution in [1.82, 2.24) is 5.32 Å². The Kier molecular flexibility index (Phi) is 4.22. The SMILES string of the molecule is COc1cccc(N2C(=O)C[C@@H](NCc3ccc4c(c3)OCO4)C2=O)c1. The maximum Gasteiger partial charge on any atom is 0.251 e. The Hall–Kier alpha value is -3.06. The minimum Gasteiger partial charge on any atom is -0.497 e. The third-order valence-corrected chi connectivity index (χ3v) is 4.45. The minimum absolute atomic E-state index is 0.126. The molecule has 0 aliphatic carbocycles. The molecule has 2 amide bonds. The second-order valence-corrected chi connectivity index (χ2v) is 6.09. The Morgan fingerprint density at radius 3 is 2.85 bits per heavy atom. The van der Waals surface area contributed by atoms with Gasteiger partial charge in [-0.05, 0) is 29.8 Å². The molecule has 0 spiro atoms. The van der Waals surface area contributed by atoms with E-state index in [0.29, 0.717) is 29.5 Å². The molecule has 0 saturated carbocycles. The summed E-state index contributed by atoms with van der Waals surface area (Å²) < 4.78 is 15.8. The van der Waals surface area contributed by atoms with Gasteiger partial charge in [0.05, 0.1) is 25.3 Å². The van der Waals surface area contributed by atoms with Crippen LogP contribution in [0, 0.1) is 0 Å². The van der Waals surface area contributed by atoms with Crippen molar-refractivity contribution < 1.29 is 23.8 Å². The monoisotopic (exact) mass is 354 g/mol. The molecule has 0 bridgehead atoms. The predicted molar refractivity (Wildman–Crippen MR) is 93.3 cm³/mol. The molecule has 0 unspecified atom stereocenters. The maximum atomic E-state index is 12.7. The van der Waals surface area contributed by atoms with Crippen LogP contribution in [0.2, 0.25) is 0 Å². The van der Waals surface area contributed by atoms with Crippen LogP contribution < -0.4 is 24.4 Å². The Morgan fingerprint density at radius 1 is 1.15 bits per heavy atom. The van der Waals surface area contributed by atoms with Crippen LogP contribution in [0.3, 0.4) is 0 Å². The van der Waals surface area contributed by atoms with Crippen molar-refractivity contribution in [2.24, 2.45) is 0 Å². The van der Waals surface area contributed by atoms with Crippen LogP contribution in [0.1, 0.15) is 12.0 Å². The van der Waals surface area contributed by atoms with Crippen molar-refractivity contribution in [1.29, 1.82) is 0 Å². The van der Waals surface area contributed by atoms with E-state index in [1.807, 2.05) is 18.2 Å². The molecule has 1 saturated heterocycles. The lowest BCUT2D eigenvalue weighted by Gasteiger charge is -2.16. The van der Waals surface area contributed by atoms with Gasteiger partial charge in [-0.2, -0.15) is 0 Å². The molecule has 2 heterocycles. The van der Waals surface area contributed by atoms with E-state index >= 15 is 0 Å². The van der Waals surface area contributed by atoms with Gasteiger partial charge < -0.3 is 19.5 Å². The second-order valence-electron chi connectivity index (χ2n) is 6.09. The zero-order chi connectivity index (χ0) is 18.1. The number of anilines is 1. The maximum absolute atomic E-state index is 12.7. The highest BCUT2D eigenvalue weighted by atomic mass is 16.7. The summed E-state index contributed by atoms with van der Waals surface area (Å²) in [5.74, 6) is 1.51. The summed E-state index contributed by atoms with van der Waals surface area (Å²) in [6, 6.07) is 12.0. The number of imide groups is 1. The molecule has 0 aromatic heterocycles. The number of rotatable bonds is 5. The van der Waals surface area contributed by atoms with Crippen LogP contribution in [0.4, 0.5) is 5.69 Å². The zero-order valence-corrected chi connectivity index (χ0v) is 14.2. The Balaban J connectivity index is 1.45. The molecule has 7 nitrogen and oxygen atoms in total. The lowest BCUT2D eigenvalue weighted by Crippen LogP contribution is -2.38. The number of hydrogen-bond donors (Lipinski definition) is 1. The lowest BCUT2D eigenvalue weighted by molar-refractivity contribution is -0.121. The smallest absolute Gasteiger partial charge is 0.251 e. The Labute approximate surface area is 150 Å². The Bertz CT molecular complexity index is 867. The minimum atomic E-state index is -0.556. The number of hydrogen-bond acceptors (Lipinski definition) is 6. The number of nitrogens with one attached hydrogen (secondary N) is 1. The number of carbonyl (C=O) groups excluding carboxylic acids is 2. The molecule has 2 aliphatic rings. The van der Waals surface area contributed by atoms with Crippen molar-refractivity contribution >= 4 is 17.5 Å². The van der Waals surface area contributed by atoms with Gasteiger partial charge in [0, 0.05) is 12.6 Å². The summed E-state index contributed by atoms with van der Waals surface area (Å²) in [6.07, 6.45) is 0.126. The van der Waals surface area contributed by atoms with Crippen LogP contribution >= 0.6 is 0 Å². The summed E-state index contributed by atoms with van der Waals surface area (Å²) in [7, 11) is 1.54. The summed E-state index contributed by atoms with van der Waals surface area (Å²) in [6.45, 7) is 0.670. The first-order valence-corrected chi connectivity index (χ1v) is 8.28. The number of ether oxygens (including phenoxy) is 3. The first-order valence-electron chi connectivity index (χ1n) is 8.28. The van der Waals surface area contributed by atoms with E-state index in [1.54, 1.807) is 31.4 Å². The van der Waals surface area contributed by atoms with Gasteiger partial charge in [-0.3, -0.25) is 9.59 Å². The molecule has 2 aromatic carbocycles. The highest BCUT2D eigenvalue weighted by Gasteiger charge is 2.39. The molecule has 1 N–H and O–H groups in total. The van der Waals surface area contributed by atoms with E-state index in [2.05, 4.69) is 5.32 Å². The predicted octanol–water partition coefficient (Wildman–Crippen LogP) is 1.85. The molecule has 1 fully saturated rings. The fourth-order valence-corrected chi connectivity index (χ4v) is 3.10. The largest absolute Gasteiger partial charge is 0.497 e. The average Bonchev–Trinajstić information content (AvgIpc) is 3.23. The van der Waals surface area contributed by atoms with Crippen molar-refractivity contribution in [3.63, 3.8) is 0 Å². The van der Waals surface area contributed by atoms with Crippen LogP contribution in [-0.4, -0.2) is 31.8 Å².